The van der Waals surface area contributed by atoms with Gasteiger partial charge in [0.05, 0.1) is 11.0 Å². The lowest BCUT2D eigenvalue weighted by Gasteiger charge is -2.09. The molecule has 1 heterocycles. The summed E-state index contributed by atoms with van der Waals surface area (Å²) in [7, 11) is 0. The van der Waals surface area contributed by atoms with Crippen LogP contribution in [0.4, 0.5) is 0 Å². The average molecular weight is 424 g/mol. The van der Waals surface area contributed by atoms with Crippen molar-refractivity contribution in [2.45, 2.75) is 13.3 Å². The summed E-state index contributed by atoms with van der Waals surface area (Å²) in [5, 5.41) is 2.57. The van der Waals surface area contributed by atoms with Crippen molar-refractivity contribution in [3.63, 3.8) is 0 Å². The predicted molar refractivity (Wildman–Crippen MR) is 140 cm³/mol. The topological polar surface area (TPSA) is 4.93 Å². The van der Waals surface area contributed by atoms with E-state index in [0.717, 1.165) is 6.42 Å². The van der Waals surface area contributed by atoms with Crippen molar-refractivity contribution in [2.24, 2.45) is 0 Å². The van der Waals surface area contributed by atoms with Crippen molar-refractivity contribution in [3.05, 3.63) is 138 Å². The number of hydrogen-bond donors (Lipinski definition) is 0. The molecule has 33 heavy (non-hydrogen) atoms. The van der Waals surface area contributed by atoms with Crippen LogP contribution in [0.15, 0.2) is 121 Å². The van der Waals surface area contributed by atoms with Crippen LogP contribution in [0.1, 0.15) is 16.7 Å². The van der Waals surface area contributed by atoms with Gasteiger partial charge in [0.2, 0.25) is 0 Å². The smallest absolute Gasteiger partial charge is 0.0541 e. The number of aromatic nitrogens is 1. The van der Waals surface area contributed by atoms with Gasteiger partial charge in [-0.15, -0.1) is 0 Å². The Kier molecular flexibility index (Phi) is 4.81. The van der Waals surface area contributed by atoms with Crippen LogP contribution in [0.3, 0.4) is 0 Å². The minimum atomic E-state index is 0.969. The lowest BCUT2D eigenvalue weighted by atomic mass is 9.97. The summed E-state index contributed by atoms with van der Waals surface area (Å²) in [5.41, 5.74) is 10.3. The summed E-state index contributed by atoms with van der Waals surface area (Å²) >= 11 is 0. The first-order valence-corrected chi connectivity index (χ1v) is 11.5. The second-order valence-electron chi connectivity index (χ2n) is 8.72. The minimum Gasteiger partial charge on any atom is -0.309 e. The van der Waals surface area contributed by atoms with Crippen molar-refractivity contribution < 1.29 is 0 Å². The van der Waals surface area contributed by atoms with Crippen LogP contribution in [0, 0.1) is 6.92 Å². The standard InChI is InChI=1S/C32H25N/c1-23-9-5-6-10-26(23)21-24-15-17-25(18-16-24)27-19-20-32-30(22-27)29-13-7-8-14-31(29)33(32)28-11-3-2-4-12-28/h2-20,22H,21H2,1H3. The zero-order chi connectivity index (χ0) is 22.2. The van der Waals surface area contributed by atoms with Crippen molar-refractivity contribution in [1.29, 1.82) is 0 Å². The van der Waals surface area contributed by atoms with Gasteiger partial charge in [0.25, 0.3) is 0 Å². The maximum Gasteiger partial charge on any atom is 0.0541 e. The third kappa shape index (κ3) is 3.52. The lowest BCUT2D eigenvalue weighted by molar-refractivity contribution is 1.16. The molecule has 1 nitrogen and oxygen atoms in total. The van der Waals surface area contributed by atoms with E-state index in [4.69, 9.17) is 0 Å². The molecule has 0 bridgehead atoms. The van der Waals surface area contributed by atoms with Crippen LogP contribution in [0.5, 0.6) is 0 Å². The molecule has 1 heteroatoms. The molecule has 0 fully saturated rings. The summed E-state index contributed by atoms with van der Waals surface area (Å²) < 4.78 is 2.36. The molecule has 0 amide bonds. The van der Waals surface area contributed by atoms with Crippen molar-refractivity contribution in [2.75, 3.05) is 0 Å². The van der Waals surface area contributed by atoms with Gasteiger partial charge < -0.3 is 4.57 Å². The number of hydrogen-bond acceptors (Lipinski definition) is 0. The highest BCUT2D eigenvalue weighted by Crippen LogP contribution is 2.34. The van der Waals surface area contributed by atoms with Crippen molar-refractivity contribution in [1.82, 2.24) is 4.57 Å². The molecular weight excluding hydrogens is 398 g/mol. The zero-order valence-corrected chi connectivity index (χ0v) is 18.7. The monoisotopic (exact) mass is 423 g/mol. The SMILES string of the molecule is Cc1ccccc1Cc1ccc(-c2ccc3c(c2)c2ccccc2n3-c2ccccc2)cc1. The van der Waals surface area contributed by atoms with Crippen LogP contribution in [0.25, 0.3) is 38.6 Å². The Bertz CT molecular complexity index is 1570. The molecule has 0 saturated carbocycles. The minimum absolute atomic E-state index is 0.969. The van der Waals surface area contributed by atoms with Gasteiger partial charge in [-0.3, -0.25) is 0 Å². The number of rotatable bonds is 4. The molecule has 0 aliphatic carbocycles. The normalized spacial score (nSPS) is 11.3. The van der Waals surface area contributed by atoms with Crippen LogP contribution in [0.2, 0.25) is 0 Å². The van der Waals surface area contributed by atoms with Crippen molar-refractivity contribution >= 4 is 21.8 Å². The van der Waals surface area contributed by atoms with Gasteiger partial charge in [-0.05, 0) is 71.5 Å². The first kappa shape index (κ1) is 19.6. The molecule has 1 aromatic heterocycles. The highest BCUT2D eigenvalue weighted by atomic mass is 15.0. The number of aryl methyl sites for hydroxylation is 1. The number of benzene rings is 5. The summed E-state index contributed by atoms with van der Waals surface area (Å²) in [4.78, 5) is 0. The summed E-state index contributed by atoms with van der Waals surface area (Å²) in [6, 6.07) is 43.8. The largest absolute Gasteiger partial charge is 0.309 e. The van der Waals surface area contributed by atoms with Gasteiger partial charge in [-0.2, -0.15) is 0 Å². The predicted octanol–water partition coefficient (Wildman–Crippen LogP) is 8.35. The first-order valence-electron chi connectivity index (χ1n) is 11.5. The van der Waals surface area contributed by atoms with Gasteiger partial charge >= 0.3 is 0 Å². The molecule has 6 aromatic rings. The Morgan fingerprint density at radius 2 is 1.21 bits per heavy atom. The molecule has 0 radical (unpaired) electrons. The number of fused-ring (bicyclic) bond motifs is 3. The highest BCUT2D eigenvalue weighted by molar-refractivity contribution is 6.10. The Balaban J connectivity index is 1.42. The lowest BCUT2D eigenvalue weighted by Crippen LogP contribution is -1.93. The summed E-state index contributed by atoms with van der Waals surface area (Å²) in [5.74, 6) is 0. The van der Waals surface area contributed by atoms with E-state index < -0.39 is 0 Å². The van der Waals surface area contributed by atoms with E-state index in [9.17, 15) is 0 Å². The van der Waals surface area contributed by atoms with Crippen LogP contribution >= 0.6 is 0 Å². The maximum absolute atomic E-state index is 2.36. The van der Waals surface area contributed by atoms with E-state index in [1.165, 1.54) is 55.3 Å². The van der Waals surface area contributed by atoms with Crippen LogP contribution in [-0.4, -0.2) is 4.57 Å². The average Bonchev–Trinajstić information content (AvgIpc) is 3.20. The Morgan fingerprint density at radius 3 is 2.03 bits per heavy atom. The third-order valence-electron chi connectivity index (χ3n) is 6.63. The molecule has 0 N–H and O–H groups in total. The van der Waals surface area contributed by atoms with E-state index >= 15 is 0 Å². The molecule has 0 atom stereocenters. The third-order valence-corrected chi connectivity index (χ3v) is 6.63. The Morgan fingerprint density at radius 1 is 0.545 bits per heavy atom. The molecule has 0 aliphatic heterocycles. The van der Waals surface area contributed by atoms with Crippen LogP contribution < -0.4 is 0 Å². The quantitative estimate of drug-likeness (QED) is 0.268. The molecule has 158 valence electrons. The number of para-hydroxylation sites is 2. The molecule has 6 rings (SSSR count). The molecule has 0 saturated heterocycles. The zero-order valence-electron chi connectivity index (χ0n) is 18.7. The van der Waals surface area contributed by atoms with E-state index in [2.05, 4.69) is 133 Å². The Labute approximate surface area is 194 Å². The van der Waals surface area contributed by atoms with Gasteiger partial charge in [-0.25, -0.2) is 0 Å². The van der Waals surface area contributed by atoms with E-state index in [1.807, 2.05) is 0 Å². The highest BCUT2D eigenvalue weighted by Gasteiger charge is 2.12. The molecular formula is C32H25N. The fourth-order valence-electron chi connectivity index (χ4n) is 4.85. The van der Waals surface area contributed by atoms with E-state index in [1.54, 1.807) is 0 Å². The molecule has 0 spiro atoms. The maximum atomic E-state index is 2.36. The second-order valence-corrected chi connectivity index (χ2v) is 8.72. The van der Waals surface area contributed by atoms with E-state index in [-0.39, 0.29) is 0 Å². The fourth-order valence-corrected chi connectivity index (χ4v) is 4.85. The van der Waals surface area contributed by atoms with E-state index in [0.29, 0.717) is 0 Å². The second kappa shape index (κ2) is 8.11. The molecule has 0 aliphatic rings. The van der Waals surface area contributed by atoms with Gasteiger partial charge in [-0.1, -0.05) is 91.0 Å². The van der Waals surface area contributed by atoms with Crippen LogP contribution in [-0.2, 0) is 6.42 Å². The first-order chi connectivity index (χ1) is 16.3. The molecule has 5 aromatic carbocycles. The van der Waals surface area contributed by atoms with Crippen molar-refractivity contribution in [3.8, 4) is 16.8 Å². The van der Waals surface area contributed by atoms with Gasteiger partial charge in [0.15, 0.2) is 0 Å². The fraction of sp³-hybridized carbons (Fsp3) is 0.0625. The number of nitrogens with zero attached hydrogens (tertiary/aromatic N) is 1. The molecule has 0 unspecified atom stereocenters. The Hall–Kier alpha value is -4.10. The summed E-state index contributed by atoms with van der Waals surface area (Å²) in [6.45, 7) is 2.19. The van der Waals surface area contributed by atoms with Gasteiger partial charge in [0.1, 0.15) is 0 Å². The summed E-state index contributed by atoms with van der Waals surface area (Å²) in [6.07, 6.45) is 0.969. The van der Waals surface area contributed by atoms with Gasteiger partial charge in [0, 0.05) is 16.5 Å².